The minimum atomic E-state index is 0.119. The third-order valence-electron chi connectivity index (χ3n) is 3.33. The van der Waals surface area contributed by atoms with Crippen molar-refractivity contribution in [2.45, 2.75) is 40.2 Å². The molecule has 124 valence electrons. The predicted octanol–water partition coefficient (Wildman–Crippen LogP) is 2.85. The lowest BCUT2D eigenvalue weighted by atomic mass is 9.86. The molecule has 2 N–H and O–H groups in total. The average molecular weight is 305 g/mol. The molecule has 1 rings (SSSR count). The summed E-state index contributed by atoms with van der Waals surface area (Å²) in [5.74, 6) is 0.855. The largest absolute Gasteiger partial charge is 0.383 e. The number of benzene rings is 1. The highest BCUT2D eigenvalue weighted by Gasteiger charge is 2.18. The summed E-state index contributed by atoms with van der Waals surface area (Å²) in [6.07, 6.45) is 1.02. The predicted molar refractivity (Wildman–Crippen MR) is 94.4 cm³/mol. The molecule has 0 fully saturated rings. The highest BCUT2D eigenvalue weighted by Crippen LogP contribution is 2.22. The van der Waals surface area contributed by atoms with E-state index in [1.165, 1.54) is 5.56 Å². The van der Waals surface area contributed by atoms with Gasteiger partial charge in [-0.05, 0) is 31.2 Å². The quantitative estimate of drug-likeness (QED) is 0.573. The monoisotopic (exact) mass is 305 g/mol. The Bertz CT molecular complexity index is 443. The molecule has 0 heterocycles. The van der Waals surface area contributed by atoms with Crippen molar-refractivity contribution < 1.29 is 4.74 Å². The summed E-state index contributed by atoms with van der Waals surface area (Å²) in [5, 5.41) is 6.66. The first kappa shape index (κ1) is 18.5. The lowest BCUT2D eigenvalue weighted by molar-refractivity contribution is 0.179. The maximum absolute atomic E-state index is 5.16. The van der Waals surface area contributed by atoms with Crippen LogP contribution >= 0.6 is 0 Å². The molecule has 1 aromatic rings. The number of hydrogen-bond donors (Lipinski definition) is 2. The summed E-state index contributed by atoms with van der Waals surface area (Å²) in [4.78, 5) is 4.74. The van der Waals surface area contributed by atoms with Crippen LogP contribution in [0.15, 0.2) is 35.3 Å². The number of methoxy groups -OCH3 is 1. The Labute approximate surface area is 135 Å². The van der Waals surface area contributed by atoms with E-state index in [-0.39, 0.29) is 11.5 Å². The fraction of sp³-hybridized carbons (Fsp3) is 0.611. The van der Waals surface area contributed by atoms with Gasteiger partial charge in [0.25, 0.3) is 0 Å². The summed E-state index contributed by atoms with van der Waals surface area (Å²) in [5.41, 5.74) is 1.47. The number of hydrogen-bond acceptors (Lipinski definition) is 2. The number of rotatable bonds is 8. The van der Waals surface area contributed by atoms with E-state index in [9.17, 15) is 0 Å². The van der Waals surface area contributed by atoms with E-state index in [0.717, 1.165) is 25.5 Å². The highest BCUT2D eigenvalue weighted by molar-refractivity contribution is 5.80. The van der Waals surface area contributed by atoms with Crippen LogP contribution in [0.2, 0.25) is 0 Å². The molecule has 1 atom stereocenters. The number of ether oxygens (including phenoxy) is 1. The topological polar surface area (TPSA) is 45.7 Å². The number of nitrogens with zero attached hydrogens (tertiary/aromatic N) is 1. The smallest absolute Gasteiger partial charge is 0.191 e. The zero-order valence-corrected chi connectivity index (χ0v) is 14.6. The Morgan fingerprint density at radius 3 is 2.55 bits per heavy atom. The lowest BCUT2D eigenvalue weighted by Gasteiger charge is -2.24. The first-order valence-corrected chi connectivity index (χ1v) is 8.04. The fourth-order valence-corrected chi connectivity index (χ4v) is 2.34. The van der Waals surface area contributed by atoms with Crippen LogP contribution < -0.4 is 10.6 Å². The van der Waals surface area contributed by atoms with Crippen LogP contribution in [0.4, 0.5) is 0 Å². The molecule has 0 amide bonds. The minimum Gasteiger partial charge on any atom is -0.383 e. The van der Waals surface area contributed by atoms with Gasteiger partial charge in [-0.15, -0.1) is 0 Å². The van der Waals surface area contributed by atoms with Crippen LogP contribution in [0, 0.1) is 5.41 Å². The maximum atomic E-state index is 5.16. The number of nitrogens with one attached hydrogen (secondary N) is 2. The molecular weight excluding hydrogens is 274 g/mol. The molecule has 0 saturated carbocycles. The van der Waals surface area contributed by atoms with E-state index in [0.29, 0.717) is 6.61 Å². The normalized spacial score (nSPS) is 13.8. The third kappa shape index (κ3) is 7.46. The standard InChI is InChI=1S/C18H31N3O/c1-6-19-17(21-15(2)13-22-5)20-14-18(3,4)12-16-10-8-7-9-11-16/h7-11,15H,6,12-14H2,1-5H3,(H2,19,20,21). The van der Waals surface area contributed by atoms with Crippen molar-refractivity contribution >= 4 is 5.96 Å². The molecule has 0 bridgehead atoms. The van der Waals surface area contributed by atoms with Crippen LogP contribution in [0.25, 0.3) is 0 Å². The number of guanidine groups is 1. The van der Waals surface area contributed by atoms with Crippen LogP contribution in [0.3, 0.4) is 0 Å². The van der Waals surface area contributed by atoms with Crippen LogP contribution in [-0.2, 0) is 11.2 Å². The average Bonchev–Trinajstić information content (AvgIpc) is 2.46. The van der Waals surface area contributed by atoms with E-state index >= 15 is 0 Å². The zero-order chi connectivity index (χ0) is 16.4. The third-order valence-corrected chi connectivity index (χ3v) is 3.33. The van der Waals surface area contributed by atoms with Gasteiger partial charge < -0.3 is 15.4 Å². The minimum absolute atomic E-state index is 0.119. The van der Waals surface area contributed by atoms with Crippen molar-refractivity contribution in [3.05, 3.63) is 35.9 Å². The first-order chi connectivity index (χ1) is 10.5. The fourth-order valence-electron chi connectivity index (χ4n) is 2.34. The Balaban J connectivity index is 2.62. The highest BCUT2D eigenvalue weighted by atomic mass is 16.5. The van der Waals surface area contributed by atoms with Gasteiger partial charge >= 0.3 is 0 Å². The second kappa shape index (κ2) is 9.46. The van der Waals surface area contributed by atoms with E-state index in [4.69, 9.17) is 9.73 Å². The van der Waals surface area contributed by atoms with Gasteiger partial charge in [0.15, 0.2) is 5.96 Å². The zero-order valence-electron chi connectivity index (χ0n) is 14.6. The Kier molecular flexibility index (Phi) is 7.96. The molecule has 4 nitrogen and oxygen atoms in total. The molecule has 0 radical (unpaired) electrons. The van der Waals surface area contributed by atoms with Crippen molar-refractivity contribution in [3.8, 4) is 0 Å². The first-order valence-electron chi connectivity index (χ1n) is 8.04. The van der Waals surface area contributed by atoms with Crippen LogP contribution in [-0.4, -0.2) is 38.8 Å². The second-order valence-electron chi connectivity index (χ2n) is 6.52. The van der Waals surface area contributed by atoms with E-state index in [2.05, 4.69) is 68.7 Å². The van der Waals surface area contributed by atoms with Crippen LogP contribution in [0.5, 0.6) is 0 Å². The summed E-state index contributed by atoms with van der Waals surface area (Å²) in [6, 6.07) is 10.8. The molecule has 0 spiro atoms. The molecule has 1 unspecified atom stereocenters. The Morgan fingerprint density at radius 2 is 1.95 bits per heavy atom. The van der Waals surface area contributed by atoms with Gasteiger partial charge in [0, 0.05) is 26.2 Å². The van der Waals surface area contributed by atoms with E-state index in [1.807, 2.05) is 0 Å². The molecule has 0 aliphatic carbocycles. The van der Waals surface area contributed by atoms with Crippen molar-refractivity contribution in [2.24, 2.45) is 10.4 Å². The molecule has 0 saturated heterocycles. The summed E-state index contributed by atoms with van der Waals surface area (Å²) >= 11 is 0. The molecule has 4 heteroatoms. The second-order valence-corrected chi connectivity index (χ2v) is 6.52. The van der Waals surface area contributed by atoms with Crippen molar-refractivity contribution in [1.82, 2.24) is 10.6 Å². The summed E-state index contributed by atoms with van der Waals surface area (Å²) < 4.78 is 5.16. The van der Waals surface area contributed by atoms with Crippen molar-refractivity contribution in [1.29, 1.82) is 0 Å². The van der Waals surface area contributed by atoms with Crippen molar-refractivity contribution in [3.63, 3.8) is 0 Å². The number of aliphatic imine (C=N–C) groups is 1. The molecular formula is C18H31N3O. The van der Waals surface area contributed by atoms with Gasteiger partial charge in [-0.3, -0.25) is 4.99 Å². The summed E-state index contributed by atoms with van der Waals surface area (Å²) in [6.45, 7) is 11.0. The van der Waals surface area contributed by atoms with Gasteiger partial charge in [0.1, 0.15) is 0 Å². The van der Waals surface area contributed by atoms with Gasteiger partial charge in [0.2, 0.25) is 0 Å². The Morgan fingerprint density at radius 1 is 1.27 bits per heavy atom. The van der Waals surface area contributed by atoms with Gasteiger partial charge in [0.05, 0.1) is 6.61 Å². The maximum Gasteiger partial charge on any atom is 0.191 e. The lowest BCUT2D eigenvalue weighted by Crippen LogP contribution is -2.44. The van der Waals surface area contributed by atoms with Crippen LogP contribution in [0.1, 0.15) is 33.3 Å². The van der Waals surface area contributed by atoms with E-state index < -0.39 is 0 Å². The molecule has 0 aromatic heterocycles. The van der Waals surface area contributed by atoms with E-state index in [1.54, 1.807) is 7.11 Å². The summed E-state index contributed by atoms with van der Waals surface area (Å²) in [7, 11) is 1.71. The van der Waals surface area contributed by atoms with Crippen molar-refractivity contribution in [2.75, 3.05) is 26.8 Å². The van der Waals surface area contributed by atoms with Gasteiger partial charge in [-0.2, -0.15) is 0 Å². The molecule has 0 aliphatic rings. The molecule has 1 aromatic carbocycles. The van der Waals surface area contributed by atoms with Gasteiger partial charge in [-0.25, -0.2) is 0 Å². The molecule has 22 heavy (non-hydrogen) atoms. The van der Waals surface area contributed by atoms with Gasteiger partial charge in [-0.1, -0.05) is 44.2 Å². The molecule has 0 aliphatic heterocycles. The Hall–Kier alpha value is -1.55. The SMILES string of the molecule is CCNC(=NCC(C)(C)Cc1ccccc1)NC(C)COC.